The second-order valence-electron chi connectivity index (χ2n) is 4.02. The molecule has 0 aliphatic heterocycles. The predicted octanol–water partition coefficient (Wildman–Crippen LogP) is 4.07. The van der Waals surface area contributed by atoms with E-state index in [9.17, 15) is 13.2 Å². The van der Waals surface area contributed by atoms with Gasteiger partial charge in [0.05, 0.1) is 6.04 Å². The van der Waals surface area contributed by atoms with Gasteiger partial charge in [-0.1, -0.05) is 23.7 Å². The average Bonchev–Trinajstić information content (AvgIpc) is 2.35. The summed E-state index contributed by atoms with van der Waals surface area (Å²) in [6.07, 6.45) is 0. The molecule has 0 saturated heterocycles. The summed E-state index contributed by atoms with van der Waals surface area (Å²) < 4.78 is 40.6. The zero-order chi connectivity index (χ0) is 14.0. The third-order valence-electron chi connectivity index (χ3n) is 2.85. The molecule has 0 amide bonds. The monoisotopic (exact) mass is 285 g/mol. The zero-order valence-corrected chi connectivity index (χ0v) is 10.8. The average molecular weight is 286 g/mol. The molecule has 1 unspecified atom stereocenters. The summed E-state index contributed by atoms with van der Waals surface area (Å²) in [4.78, 5) is 0. The molecule has 0 spiro atoms. The molecule has 0 bridgehead atoms. The second-order valence-corrected chi connectivity index (χ2v) is 4.43. The van der Waals surface area contributed by atoms with Crippen LogP contribution in [0, 0.1) is 17.5 Å². The van der Waals surface area contributed by atoms with E-state index in [2.05, 4.69) is 5.32 Å². The maximum Gasteiger partial charge on any atom is 0.131 e. The molecule has 5 heteroatoms. The van der Waals surface area contributed by atoms with E-state index in [4.69, 9.17) is 11.6 Å². The van der Waals surface area contributed by atoms with Crippen molar-refractivity contribution in [2.45, 2.75) is 6.04 Å². The molecule has 100 valence electrons. The van der Waals surface area contributed by atoms with Crippen molar-refractivity contribution >= 4 is 11.6 Å². The summed E-state index contributed by atoms with van der Waals surface area (Å²) >= 11 is 5.96. The van der Waals surface area contributed by atoms with E-state index < -0.39 is 23.5 Å². The summed E-state index contributed by atoms with van der Waals surface area (Å²) in [5.41, 5.74) is 0.271. The van der Waals surface area contributed by atoms with Crippen LogP contribution < -0.4 is 5.32 Å². The molecule has 1 atom stereocenters. The smallest absolute Gasteiger partial charge is 0.131 e. The third-order valence-corrected chi connectivity index (χ3v) is 3.18. The lowest BCUT2D eigenvalue weighted by Crippen LogP contribution is -2.20. The lowest BCUT2D eigenvalue weighted by Gasteiger charge is -2.19. The van der Waals surface area contributed by atoms with Crippen LogP contribution in [-0.2, 0) is 0 Å². The molecule has 0 heterocycles. The van der Waals surface area contributed by atoms with Crippen molar-refractivity contribution in [3.8, 4) is 0 Å². The quantitative estimate of drug-likeness (QED) is 0.896. The molecule has 19 heavy (non-hydrogen) atoms. The van der Waals surface area contributed by atoms with E-state index in [0.717, 1.165) is 12.1 Å². The largest absolute Gasteiger partial charge is 0.309 e. The van der Waals surface area contributed by atoms with Crippen LogP contribution in [0.25, 0.3) is 0 Å². The van der Waals surface area contributed by atoms with Gasteiger partial charge >= 0.3 is 0 Å². The van der Waals surface area contributed by atoms with Crippen molar-refractivity contribution in [3.05, 3.63) is 70.0 Å². The third kappa shape index (κ3) is 2.74. The predicted molar refractivity (Wildman–Crippen MR) is 68.7 cm³/mol. The Balaban J connectivity index is 2.56. The first kappa shape index (κ1) is 13.9. The minimum atomic E-state index is -0.783. The Labute approximate surface area is 114 Å². The molecule has 0 fully saturated rings. The maximum atomic E-state index is 13.9. The van der Waals surface area contributed by atoms with E-state index in [-0.39, 0.29) is 16.1 Å². The Bertz CT molecular complexity index is 581. The van der Waals surface area contributed by atoms with Gasteiger partial charge in [-0.05, 0) is 25.2 Å². The van der Waals surface area contributed by atoms with Gasteiger partial charge in [0.15, 0.2) is 0 Å². The highest BCUT2D eigenvalue weighted by atomic mass is 35.5. The highest BCUT2D eigenvalue weighted by Gasteiger charge is 2.22. The molecule has 0 aliphatic rings. The summed E-state index contributed by atoms with van der Waals surface area (Å²) in [6.45, 7) is 0. The van der Waals surface area contributed by atoms with Gasteiger partial charge in [-0.25, -0.2) is 13.2 Å². The highest BCUT2D eigenvalue weighted by Crippen LogP contribution is 2.31. The van der Waals surface area contributed by atoms with Gasteiger partial charge in [0, 0.05) is 22.2 Å². The minimum absolute atomic E-state index is 0.135. The standard InChI is InChI=1S/C14H11ClF3N/c1-19-14(9-6-5-8(16)7-12(9)18)13-10(15)3-2-4-11(13)17/h2-7,14,19H,1H3. The molecular formula is C14H11ClF3N. The van der Waals surface area contributed by atoms with Crippen molar-refractivity contribution in [1.82, 2.24) is 5.32 Å². The first-order valence-corrected chi connectivity index (χ1v) is 5.98. The van der Waals surface area contributed by atoms with Gasteiger partial charge in [0.2, 0.25) is 0 Å². The fourth-order valence-corrected chi connectivity index (χ4v) is 2.25. The number of halogens is 4. The van der Waals surface area contributed by atoms with Gasteiger partial charge < -0.3 is 5.32 Å². The summed E-state index contributed by atoms with van der Waals surface area (Å²) in [6, 6.07) is 6.60. The van der Waals surface area contributed by atoms with Crippen molar-refractivity contribution in [2.75, 3.05) is 7.05 Å². The lowest BCUT2D eigenvalue weighted by atomic mass is 9.97. The number of hydrogen-bond acceptors (Lipinski definition) is 1. The number of hydrogen-bond donors (Lipinski definition) is 1. The van der Waals surface area contributed by atoms with Crippen LogP contribution in [0.2, 0.25) is 5.02 Å². The summed E-state index contributed by atoms with van der Waals surface area (Å²) in [5, 5.41) is 2.97. The molecule has 0 saturated carbocycles. The fourth-order valence-electron chi connectivity index (χ4n) is 1.98. The Morgan fingerprint density at radius 2 is 1.79 bits per heavy atom. The van der Waals surface area contributed by atoms with Crippen LogP contribution in [-0.4, -0.2) is 7.05 Å². The zero-order valence-electron chi connectivity index (χ0n) is 10.1. The van der Waals surface area contributed by atoms with Crippen LogP contribution in [0.1, 0.15) is 17.2 Å². The van der Waals surface area contributed by atoms with Crippen LogP contribution in [0.15, 0.2) is 36.4 Å². The summed E-state index contributed by atoms with van der Waals surface area (Å²) in [7, 11) is 1.55. The number of nitrogens with one attached hydrogen (secondary N) is 1. The van der Waals surface area contributed by atoms with Crippen LogP contribution in [0.3, 0.4) is 0 Å². The molecule has 2 rings (SSSR count). The Hall–Kier alpha value is -1.52. The fraction of sp³-hybridized carbons (Fsp3) is 0.143. The first-order chi connectivity index (χ1) is 9.04. The van der Waals surface area contributed by atoms with Gasteiger partial charge in [0.1, 0.15) is 17.5 Å². The van der Waals surface area contributed by atoms with Gasteiger partial charge in [-0.3, -0.25) is 0 Å². The van der Waals surface area contributed by atoms with Crippen molar-refractivity contribution < 1.29 is 13.2 Å². The number of rotatable bonds is 3. The van der Waals surface area contributed by atoms with E-state index in [1.54, 1.807) is 7.05 Å². The molecule has 0 aromatic heterocycles. The maximum absolute atomic E-state index is 13.9. The second kappa shape index (κ2) is 5.63. The normalized spacial score (nSPS) is 12.5. The topological polar surface area (TPSA) is 12.0 Å². The van der Waals surface area contributed by atoms with Crippen LogP contribution in [0.4, 0.5) is 13.2 Å². The van der Waals surface area contributed by atoms with E-state index >= 15 is 0 Å². The van der Waals surface area contributed by atoms with Gasteiger partial charge in [-0.2, -0.15) is 0 Å². The van der Waals surface area contributed by atoms with E-state index in [1.165, 1.54) is 24.3 Å². The summed E-state index contributed by atoms with van der Waals surface area (Å²) in [5.74, 6) is -1.98. The molecule has 1 N–H and O–H groups in total. The van der Waals surface area contributed by atoms with Crippen LogP contribution in [0.5, 0.6) is 0 Å². The Morgan fingerprint density at radius 1 is 1.05 bits per heavy atom. The minimum Gasteiger partial charge on any atom is -0.309 e. The molecule has 0 radical (unpaired) electrons. The van der Waals surface area contributed by atoms with E-state index in [0.29, 0.717) is 0 Å². The SMILES string of the molecule is CNC(c1ccc(F)cc1F)c1c(F)cccc1Cl. The number of benzene rings is 2. The van der Waals surface area contributed by atoms with Crippen LogP contribution >= 0.6 is 11.6 Å². The molecule has 2 aromatic rings. The molecular weight excluding hydrogens is 275 g/mol. The molecule has 2 aromatic carbocycles. The van der Waals surface area contributed by atoms with Crippen molar-refractivity contribution in [3.63, 3.8) is 0 Å². The molecule has 0 aliphatic carbocycles. The van der Waals surface area contributed by atoms with Crippen molar-refractivity contribution in [1.29, 1.82) is 0 Å². The lowest BCUT2D eigenvalue weighted by molar-refractivity contribution is 0.535. The molecule has 1 nitrogen and oxygen atoms in total. The first-order valence-electron chi connectivity index (χ1n) is 5.60. The highest BCUT2D eigenvalue weighted by molar-refractivity contribution is 6.31. The van der Waals surface area contributed by atoms with Gasteiger partial charge in [-0.15, -0.1) is 0 Å². The Kier molecular flexibility index (Phi) is 4.12. The van der Waals surface area contributed by atoms with Crippen molar-refractivity contribution in [2.24, 2.45) is 0 Å². The van der Waals surface area contributed by atoms with E-state index in [1.807, 2.05) is 0 Å². The van der Waals surface area contributed by atoms with Gasteiger partial charge in [0.25, 0.3) is 0 Å². The Morgan fingerprint density at radius 3 is 2.37 bits per heavy atom.